The second-order valence-electron chi connectivity index (χ2n) is 4.84. The van der Waals surface area contributed by atoms with Crippen LogP contribution in [-0.2, 0) is 0 Å². The fraction of sp³-hybridized carbons (Fsp3) is 0.769. The fourth-order valence-electron chi connectivity index (χ4n) is 2.53. The summed E-state index contributed by atoms with van der Waals surface area (Å²) in [5.41, 5.74) is 0. The van der Waals surface area contributed by atoms with E-state index in [-0.39, 0.29) is 0 Å². The molecule has 17 heavy (non-hydrogen) atoms. The van der Waals surface area contributed by atoms with E-state index in [0.717, 1.165) is 12.8 Å². The summed E-state index contributed by atoms with van der Waals surface area (Å²) < 4.78 is 2.10. The van der Waals surface area contributed by atoms with E-state index in [1.165, 1.54) is 38.9 Å². The van der Waals surface area contributed by atoms with Crippen LogP contribution in [0.15, 0.2) is 18.5 Å². The third kappa shape index (κ3) is 3.82. The number of piperidine rings is 1. The molecule has 1 aliphatic heterocycles. The molecule has 0 saturated carbocycles. The van der Waals surface area contributed by atoms with E-state index in [2.05, 4.69) is 20.9 Å². The Balaban J connectivity index is 1.64. The Labute approximate surface area is 103 Å². The van der Waals surface area contributed by atoms with Gasteiger partial charge in [-0.1, -0.05) is 0 Å². The highest BCUT2D eigenvalue weighted by Gasteiger charge is 2.19. The van der Waals surface area contributed by atoms with Crippen molar-refractivity contribution < 1.29 is 5.11 Å². The summed E-state index contributed by atoms with van der Waals surface area (Å²) in [6, 6.07) is 2.60. The van der Waals surface area contributed by atoms with Gasteiger partial charge in [0.1, 0.15) is 0 Å². The molecule has 0 spiro atoms. The van der Waals surface area contributed by atoms with Gasteiger partial charge in [0.05, 0.1) is 6.04 Å². The van der Waals surface area contributed by atoms with E-state index in [9.17, 15) is 0 Å². The molecule has 0 atom stereocenters. The second kappa shape index (κ2) is 6.77. The molecular weight excluding hydrogens is 214 g/mol. The zero-order chi connectivity index (χ0) is 11.9. The average Bonchev–Trinajstić information content (AvgIpc) is 2.89. The number of hydrogen-bond donors (Lipinski definition) is 1. The maximum Gasteiger partial charge on any atom is 0.0543 e. The minimum Gasteiger partial charge on any atom is -0.396 e. The molecule has 2 rings (SSSR count). The van der Waals surface area contributed by atoms with Gasteiger partial charge in [0.2, 0.25) is 0 Å². The third-order valence-corrected chi connectivity index (χ3v) is 3.59. The number of hydrogen-bond acceptors (Lipinski definition) is 3. The van der Waals surface area contributed by atoms with Crippen LogP contribution in [0.3, 0.4) is 0 Å². The molecule has 4 nitrogen and oxygen atoms in total. The van der Waals surface area contributed by atoms with Crippen molar-refractivity contribution in [2.45, 2.75) is 38.1 Å². The van der Waals surface area contributed by atoms with Crippen molar-refractivity contribution in [3.63, 3.8) is 0 Å². The van der Waals surface area contributed by atoms with Crippen molar-refractivity contribution in [3.05, 3.63) is 18.5 Å². The number of unbranched alkanes of at least 4 members (excludes halogenated alkanes) is 2. The van der Waals surface area contributed by atoms with Gasteiger partial charge in [-0.25, -0.2) is 0 Å². The highest BCUT2D eigenvalue weighted by molar-refractivity contribution is 4.84. The molecule has 0 aromatic carbocycles. The summed E-state index contributed by atoms with van der Waals surface area (Å²) in [7, 11) is 0. The first-order chi connectivity index (χ1) is 8.40. The molecule has 1 aliphatic rings. The first kappa shape index (κ1) is 12.6. The largest absolute Gasteiger partial charge is 0.396 e. The lowest BCUT2D eigenvalue weighted by Gasteiger charge is -2.32. The number of likely N-dealkylation sites (tertiary alicyclic amines) is 1. The first-order valence-corrected chi connectivity index (χ1v) is 6.72. The molecule has 0 aliphatic carbocycles. The number of nitrogens with zero attached hydrogens (tertiary/aromatic N) is 3. The molecule has 0 radical (unpaired) electrons. The number of aliphatic hydroxyl groups excluding tert-OH is 1. The van der Waals surface area contributed by atoms with Gasteiger partial charge in [-0.15, -0.1) is 0 Å². The summed E-state index contributed by atoms with van der Waals surface area (Å²) >= 11 is 0. The van der Waals surface area contributed by atoms with Gasteiger partial charge < -0.3 is 10.0 Å². The van der Waals surface area contributed by atoms with Crippen LogP contribution in [0.25, 0.3) is 0 Å². The number of rotatable bonds is 6. The molecule has 1 aromatic heterocycles. The van der Waals surface area contributed by atoms with Crippen LogP contribution < -0.4 is 0 Å². The van der Waals surface area contributed by atoms with Crippen molar-refractivity contribution >= 4 is 0 Å². The molecule has 96 valence electrons. The maximum absolute atomic E-state index is 8.72. The fourth-order valence-corrected chi connectivity index (χ4v) is 2.53. The maximum atomic E-state index is 8.72. The lowest BCUT2D eigenvalue weighted by atomic mass is 10.0. The van der Waals surface area contributed by atoms with E-state index < -0.39 is 0 Å². The standard InChI is InChI=1S/C13H23N3O/c17-12-3-1-2-8-15-10-5-13(6-11-15)16-9-4-7-14-16/h4,7,9,13,17H,1-3,5-6,8,10-12H2. The minimum absolute atomic E-state index is 0.335. The van der Waals surface area contributed by atoms with Crippen LogP contribution >= 0.6 is 0 Å². The summed E-state index contributed by atoms with van der Waals surface area (Å²) in [6.07, 6.45) is 9.67. The molecule has 1 N–H and O–H groups in total. The predicted octanol–water partition coefficient (Wildman–Crippen LogP) is 1.68. The van der Waals surface area contributed by atoms with Crippen LogP contribution in [0.5, 0.6) is 0 Å². The Bertz CT molecular complexity index is 292. The molecule has 2 heterocycles. The highest BCUT2D eigenvalue weighted by Crippen LogP contribution is 2.21. The Kier molecular flexibility index (Phi) is 5.01. The molecule has 0 unspecified atom stereocenters. The predicted molar refractivity (Wildman–Crippen MR) is 67.9 cm³/mol. The van der Waals surface area contributed by atoms with Crippen molar-refractivity contribution in [1.82, 2.24) is 14.7 Å². The summed E-state index contributed by atoms with van der Waals surface area (Å²) in [5.74, 6) is 0. The first-order valence-electron chi connectivity index (χ1n) is 6.72. The molecule has 1 aromatic rings. The van der Waals surface area contributed by atoms with E-state index >= 15 is 0 Å². The van der Waals surface area contributed by atoms with Gasteiger partial charge in [-0.3, -0.25) is 4.68 Å². The monoisotopic (exact) mass is 237 g/mol. The number of aromatic nitrogens is 2. The van der Waals surface area contributed by atoms with E-state index in [1.807, 2.05) is 12.3 Å². The van der Waals surface area contributed by atoms with Crippen molar-refractivity contribution in [3.8, 4) is 0 Å². The second-order valence-corrected chi connectivity index (χ2v) is 4.84. The van der Waals surface area contributed by atoms with E-state index in [1.54, 1.807) is 0 Å². The Morgan fingerprint density at radius 3 is 2.65 bits per heavy atom. The smallest absolute Gasteiger partial charge is 0.0543 e. The van der Waals surface area contributed by atoms with Gasteiger partial charge in [0, 0.05) is 32.1 Å². The summed E-state index contributed by atoms with van der Waals surface area (Å²) in [5, 5.41) is 13.0. The zero-order valence-electron chi connectivity index (χ0n) is 10.5. The van der Waals surface area contributed by atoms with Crippen LogP contribution in [0.4, 0.5) is 0 Å². The van der Waals surface area contributed by atoms with E-state index in [4.69, 9.17) is 5.11 Å². The lowest BCUT2D eigenvalue weighted by Crippen LogP contribution is -2.35. The topological polar surface area (TPSA) is 41.3 Å². The minimum atomic E-state index is 0.335. The average molecular weight is 237 g/mol. The van der Waals surface area contributed by atoms with Crippen LogP contribution in [0.2, 0.25) is 0 Å². The quantitative estimate of drug-likeness (QED) is 0.765. The van der Waals surface area contributed by atoms with Crippen LogP contribution in [0, 0.1) is 0 Å². The molecular formula is C13H23N3O. The molecule has 0 amide bonds. The summed E-state index contributed by atoms with van der Waals surface area (Å²) in [4.78, 5) is 2.54. The SMILES string of the molecule is OCCCCCN1CCC(n2cccn2)CC1. The van der Waals surface area contributed by atoms with Crippen molar-refractivity contribution in [2.75, 3.05) is 26.2 Å². The highest BCUT2D eigenvalue weighted by atomic mass is 16.2. The van der Waals surface area contributed by atoms with Crippen molar-refractivity contribution in [1.29, 1.82) is 0 Å². The normalized spacial score (nSPS) is 18.6. The lowest BCUT2D eigenvalue weighted by molar-refractivity contribution is 0.175. The van der Waals surface area contributed by atoms with Gasteiger partial charge in [-0.05, 0) is 44.7 Å². The Morgan fingerprint density at radius 1 is 1.18 bits per heavy atom. The molecule has 1 saturated heterocycles. The van der Waals surface area contributed by atoms with Gasteiger partial charge >= 0.3 is 0 Å². The summed E-state index contributed by atoms with van der Waals surface area (Å²) in [6.45, 7) is 3.89. The zero-order valence-corrected chi connectivity index (χ0v) is 10.5. The van der Waals surface area contributed by atoms with Crippen LogP contribution in [-0.4, -0.2) is 46.0 Å². The molecule has 0 bridgehead atoms. The number of aliphatic hydroxyl groups is 1. The Hall–Kier alpha value is -0.870. The van der Waals surface area contributed by atoms with Crippen LogP contribution in [0.1, 0.15) is 38.1 Å². The van der Waals surface area contributed by atoms with Gasteiger partial charge in [0.25, 0.3) is 0 Å². The van der Waals surface area contributed by atoms with E-state index in [0.29, 0.717) is 12.6 Å². The Morgan fingerprint density at radius 2 is 2.00 bits per heavy atom. The van der Waals surface area contributed by atoms with Gasteiger partial charge in [-0.2, -0.15) is 5.10 Å². The molecule has 1 fully saturated rings. The third-order valence-electron chi connectivity index (χ3n) is 3.59. The van der Waals surface area contributed by atoms with Crippen molar-refractivity contribution in [2.24, 2.45) is 0 Å². The molecule has 4 heteroatoms. The van der Waals surface area contributed by atoms with Gasteiger partial charge in [0.15, 0.2) is 0 Å².